The zero-order chi connectivity index (χ0) is 34.1. The number of fused-ring (bicyclic) bond motifs is 5. The van der Waals surface area contributed by atoms with E-state index in [0.717, 1.165) is 27.5 Å². The topological polar surface area (TPSA) is 13.1 Å². The van der Waals surface area contributed by atoms with Gasteiger partial charge in [0, 0.05) is 16.3 Å². The van der Waals surface area contributed by atoms with E-state index in [1.54, 1.807) is 0 Å². The van der Waals surface area contributed by atoms with Gasteiger partial charge in [0.1, 0.15) is 50.4 Å². The van der Waals surface area contributed by atoms with Crippen LogP contribution < -0.4 is 27.3 Å². The third-order valence-corrected chi connectivity index (χ3v) is 9.95. The maximum atomic E-state index is 6.61. The van der Waals surface area contributed by atoms with Crippen molar-refractivity contribution in [3.8, 4) is 44.5 Å². The Balaban J connectivity index is 1.35. The molecule has 0 bridgehead atoms. The minimum Gasteiger partial charge on any atom is -0.455 e. The Bertz CT molecular complexity index is 2780. The Morgan fingerprint density at radius 2 is 0.840 bits per heavy atom. The molecule has 0 aliphatic heterocycles. The maximum Gasteiger partial charge on any atom is 0.143 e. The number of hydrogen-bond donors (Lipinski definition) is 0. The van der Waals surface area contributed by atoms with Crippen LogP contribution >= 0.6 is 0 Å². The van der Waals surface area contributed by atoms with Gasteiger partial charge >= 0.3 is 0 Å². The first-order valence-corrected chi connectivity index (χ1v) is 16.5. The van der Waals surface area contributed by atoms with Crippen LogP contribution in [0.5, 0.6) is 0 Å². The summed E-state index contributed by atoms with van der Waals surface area (Å²) in [6.45, 7) is 0. The van der Waals surface area contributed by atoms with Gasteiger partial charge in [0.15, 0.2) is 0 Å². The zero-order valence-corrected chi connectivity index (χ0v) is 27.1. The summed E-state index contributed by atoms with van der Waals surface area (Å²) in [6, 6.07) is 48.9. The van der Waals surface area contributed by atoms with Gasteiger partial charge in [-0.15, -0.1) is 16.4 Å². The molecule has 50 heavy (non-hydrogen) atoms. The van der Waals surface area contributed by atoms with Crippen LogP contribution in [-0.4, -0.2) is 39.2 Å². The van der Waals surface area contributed by atoms with Crippen molar-refractivity contribution in [1.82, 2.24) is 0 Å². The fourth-order valence-electron chi connectivity index (χ4n) is 7.60. The molecule has 6 heteroatoms. The molecular weight excluding hydrogens is 599 g/mol. The molecule has 0 unspecified atom stereocenters. The molecule has 0 N–H and O–H groups in total. The summed E-state index contributed by atoms with van der Waals surface area (Å²) in [5.74, 6) is 0. The Kier molecular flexibility index (Phi) is 7.18. The molecule has 1 aromatic heterocycles. The first-order valence-electron chi connectivity index (χ1n) is 16.5. The normalized spacial score (nSPS) is 11.6. The average molecular weight is 622 g/mol. The Labute approximate surface area is 297 Å². The van der Waals surface area contributed by atoms with E-state index in [9.17, 15) is 0 Å². The van der Waals surface area contributed by atoms with E-state index >= 15 is 0 Å². The lowest BCUT2D eigenvalue weighted by atomic mass is 9.59. The van der Waals surface area contributed by atoms with E-state index in [0.29, 0.717) is 16.7 Å². The van der Waals surface area contributed by atoms with Gasteiger partial charge in [-0.25, -0.2) is 0 Å². The molecule has 9 rings (SSSR count). The molecule has 0 aliphatic rings. The van der Waals surface area contributed by atoms with Crippen molar-refractivity contribution in [3.05, 3.63) is 140 Å². The molecule has 0 fully saturated rings. The second-order valence-corrected chi connectivity index (χ2v) is 12.7. The molecular formula is C44H23B5O. The van der Waals surface area contributed by atoms with Crippen molar-refractivity contribution in [2.45, 2.75) is 0 Å². The van der Waals surface area contributed by atoms with Crippen LogP contribution in [0.2, 0.25) is 0 Å². The molecule has 0 atom stereocenters. The lowest BCUT2D eigenvalue weighted by Crippen LogP contribution is -2.55. The molecule has 0 saturated heterocycles. The molecule has 0 saturated carbocycles. The summed E-state index contributed by atoms with van der Waals surface area (Å²) >= 11 is 0. The highest BCUT2D eigenvalue weighted by Crippen LogP contribution is 2.46. The average Bonchev–Trinajstić information content (AvgIpc) is 3.56. The summed E-state index contributed by atoms with van der Waals surface area (Å²) in [7, 11) is 31.7. The van der Waals surface area contributed by atoms with Gasteiger partial charge in [0.2, 0.25) is 0 Å². The van der Waals surface area contributed by atoms with E-state index in [2.05, 4.69) is 115 Å². The first-order chi connectivity index (χ1) is 24.4. The minimum absolute atomic E-state index is 0.178. The number of para-hydroxylation sites is 1. The van der Waals surface area contributed by atoms with Crippen molar-refractivity contribution in [2.75, 3.05) is 0 Å². The van der Waals surface area contributed by atoms with Crippen molar-refractivity contribution in [3.63, 3.8) is 0 Å². The third kappa shape index (κ3) is 4.55. The first kappa shape index (κ1) is 30.5. The van der Waals surface area contributed by atoms with E-state index in [1.165, 1.54) is 43.8 Å². The lowest BCUT2D eigenvalue weighted by molar-refractivity contribution is 0.670. The maximum absolute atomic E-state index is 6.61. The summed E-state index contributed by atoms with van der Waals surface area (Å²) < 4.78 is 6.61. The van der Waals surface area contributed by atoms with Gasteiger partial charge in [-0.2, -0.15) is 0 Å². The molecule has 10 radical (unpaired) electrons. The smallest absolute Gasteiger partial charge is 0.143 e. The van der Waals surface area contributed by atoms with Gasteiger partial charge < -0.3 is 4.42 Å². The molecule has 220 valence electrons. The Morgan fingerprint density at radius 1 is 0.340 bits per heavy atom. The van der Waals surface area contributed by atoms with Crippen molar-refractivity contribution in [1.29, 1.82) is 0 Å². The van der Waals surface area contributed by atoms with Crippen molar-refractivity contribution >= 4 is 110 Å². The van der Waals surface area contributed by atoms with Crippen LogP contribution in [0.3, 0.4) is 0 Å². The van der Waals surface area contributed by atoms with Gasteiger partial charge in [-0.05, 0) is 72.6 Å². The standard InChI is InChI=1S/C44H23B5O/c45-39-38(40(46)42(48)43(49)41(39)47)32-19-9-18-31-37-27(17-10-20-34(37)50-44(31)32)26-21-22-30-33(23-26)36(25-13-5-2-6-14-25)29-16-8-7-15-28(29)35(30)24-11-3-1-4-12-24/h1-23H. The summed E-state index contributed by atoms with van der Waals surface area (Å²) in [4.78, 5) is 0. The number of benzene rings is 8. The van der Waals surface area contributed by atoms with Gasteiger partial charge in [-0.3, -0.25) is 0 Å². The van der Waals surface area contributed by atoms with Gasteiger partial charge in [-0.1, -0.05) is 138 Å². The van der Waals surface area contributed by atoms with Crippen LogP contribution in [0.25, 0.3) is 88.0 Å². The quantitative estimate of drug-likeness (QED) is 0.161. The van der Waals surface area contributed by atoms with Crippen LogP contribution in [0.15, 0.2) is 144 Å². The van der Waals surface area contributed by atoms with Crippen molar-refractivity contribution < 1.29 is 4.42 Å². The molecule has 0 aliphatic carbocycles. The minimum atomic E-state index is 0.178. The summed E-state index contributed by atoms with van der Waals surface area (Å²) in [6.07, 6.45) is 0. The molecule has 1 heterocycles. The van der Waals surface area contributed by atoms with Crippen molar-refractivity contribution in [2.24, 2.45) is 0 Å². The van der Waals surface area contributed by atoms with E-state index in [-0.39, 0.29) is 27.3 Å². The fraction of sp³-hybridized carbons (Fsp3) is 0. The second kappa shape index (κ2) is 11.8. The predicted molar refractivity (Wildman–Crippen MR) is 217 cm³/mol. The highest BCUT2D eigenvalue weighted by atomic mass is 16.3. The predicted octanol–water partition coefficient (Wildman–Crippen LogP) is 6.53. The molecule has 0 spiro atoms. The highest BCUT2D eigenvalue weighted by Gasteiger charge is 2.21. The van der Waals surface area contributed by atoms with E-state index in [4.69, 9.17) is 43.6 Å². The van der Waals surface area contributed by atoms with Crippen LogP contribution in [0.1, 0.15) is 0 Å². The second-order valence-electron chi connectivity index (χ2n) is 12.7. The Hall–Kier alpha value is -5.60. The summed E-state index contributed by atoms with van der Waals surface area (Å²) in [5.41, 5.74) is 10.6. The van der Waals surface area contributed by atoms with Crippen LogP contribution in [0.4, 0.5) is 0 Å². The van der Waals surface area contributed by atoms with E-state index in [1.807, 2.05) is 24.3 Å². The largest absolute Gasteiger partial charge is 0.455 e. The molecule has 1 nitrogen and oxygen atoms in total. The zero-order valence-electron chi connectivity index (χ0n) is 27.1. The van der Waals surface area contributed by atoms with Crippen LogP contribution in [0, 0.1) is 0 Å². The SMILES string of the molecule is [B]c1c([B])c([B])c(-c2cccc3c2oc2cccc(-c4ccc5c(-c6ccccc6)c6ccccc6c(-c6ccccc6)c5c4)c23)c([B])c1[B]. The van der Waals surface area contributed by atoms with Gasteiger partial charge in [0.25, 0.3) is 0 Å². The van der Waals surface area contributed by atoms with E-state index < -0.39 is 0 Å². The molecule has 0 amide bonds. The highest BCUT2D eigenvalue weighted by molar-refractivity contribution is 6.68. The van der Waals surface area contributed by atoms with Crippen LogP contribution in [-0.2, 0) is 0 Å². The monoisotopic (exact) mass is 622 g/mol. The summed E-state index contributed by atoms with van der Waals surface area (Å²) in [5, 5.41) is 6.70. The molecule has 8 aromatic carbocycles. The molecule has 9 aromatic rings. The third-order valence-electron chi connectivity index (χ3n) is 9.95. The number of hydrogen-bond acceptors (Lipinski definition) is 1. The number of furan rings is 1. The Morgan fingerprint density at radius 3 is 1.48 bits per heavy atom. The fourth-order valence-corrected chi connectivity index (χ4v) is 7.60. The lowest BCUT2D eigenvalue weighted by Gasteiger charge is -2.21. The number of rotatable bonds is 4. The van der Waals surface area contributed by atoms with Gasteiger partial charge in [0.05, 0.1) is 0 Å².